The lowest BCUT2D eigenvalue weighted by atomic mass is 10.2. The molecule has 0 aromatic heterocycles. The van der Waals surface area contributed by atoms with Gasteiger partial charge in [-0.25, -0.2) is 4.79 Å². The van der Waals surface area contributed by atoms with E-state index in [1.807, 2.05) is 25.1 Å². The zero-order valence-corrected chi connectivity index (χ0v) is 18.2. The topological polar surface area (TPSA) is 105 Å². The van der Waals surface area contributed by atoms with Gasteiger partial charge in [0.15, 0.2) is 0 Å². The molecule has 1 fully saturated rings. The Morgan fingerprint density at radius 2 is 2.00 bits per heavy atom. The van der Waals surface area contributed by atoms with E-state index in [1.165, 1.54) is 11.8 Å². The summed E-state index contributed by atoms with van der Waals surface area (Å²) in [6, 6.07) is 9.39. The number of hydrogen-bond donors (Lipinski definition) is 2. The van der Waals surface area contributed by atoms with E-state index in [2.05, 4.69) is 10.1 Å². The molecule has 0 bridgehead atoms. The van der Waals surface area contributed by atoms with Gasteiger partial charge in [-0.15, -0.1) is 0 Å². The van der Waals surface area contributed by atoms with Crippen LogP contribution in [0.2, 0.25) is 0 Å². The van der Waals surface area contributed by atoms with Crippen LogP contribution < -0.4 is 10.1 Å². The number of nitrogens with one attached hydrogen (secondary N) is 1. The van der Waals surface area contributed by atoms with Crippen molar-refractivity contribution in [2.24, 2.45) is 0 Å². The lowest BCUT2D eigenvalue weighted by Gasteiger charge is -2.22. The van der Waals surface area contributed by atoms with Crippen LogP contribution in [0.5, 0.6) is 11.5 Å². The Kier molecular flexibility index (Phi) is 6.52. The number of alkyl halides is 2. The number of carboxylic acids is 1. The minimum absolute atomic E-state index is 0.250. The fraction of sp³-hybridized carbons (Fsp3) is 0.318. The van der Waals surface area contributed by atoms with Gasteiger partial charge in [0.2, 0.25) is 5.91 Å². The molecule has 2 atom stereocenters. The molecule has 0 radical (unpaired) electrons. The number of rotatable bonds is 6. The predicted octanol–water partition coefficient (Wildman–Crippen LogP) is 3.28. The molecule has 2 amide bonds. The highest BCUT2D eigenvalue weighted by Crippen LogP contribution is 2.47. The fourth-order valence-corrected chi connectivity index (χ4v) is 4.77. The second-order valence-corrected chi connectivity index (χ2v) is 8.74. The van der Waals surface area contributed by atoms with Crippen molar-refractivity contribution in [3.8, 4) is 11.5 Å². The first-order valence-electron chi connectivity index (χ1n) is 10.1. The highest BCUT2D eigenvalue weighted by Gasteiger charge is 2.41. The summed E-state index contributed by atoms with van der Waals surface area (Å²) >= 11 is 1.52. The third-order valence-electron chi connectivity index (χ3n) is 5.31. The van der Waals surface area contributed by atoms with Gasteiger partial charge in [-0.2, -0.15) is 8.78 Å². The minimum atomic E-state index is -3.07. The van der Waals surface area contributed by atoms with Crippen molar-refractivity contribution < 1.29 is 37.7 Å². The number of fused-ring (bicyclic) bond motifs is 2. The molecule has 174 valence electrons. The lowest BCUT2D eigenvalue weighted by Crippen LogP contribution is -2.45. The molecule has 2 aliphatic rings. The molecule has 2 heterocycles. The first-order valence-corrected chi connectivity index (χ1v) is 10.9. The Morgan fingerprint density at radius 1 is 1.21 bits per heavy atom. The van der Waals surface area contributed by atoms with Crippen LogP contribution in [0.15, 0.2) is 46.2 Å². The molecule has 2 aromatic rings. The molecule has 1 saturated heterocycles. The zero-order chi connectivity index (χ0) is 23.7. The highest BCUT2D eigenvalue weighted by molar-refractivity contribution is 7.99. The SMILES string of the molecule is Cc1ccc2c(c1)Sc1ccc(C(=O)NCC(=O)N3C[C@H](OC(F)F)C[C@H]3C(=O)O)cc1O2. The quantitative estimate of drug-likeness (QED) is 0.560. The standard InChI is InChI=1S/C22H20F2N2O6S/c1-11-2-4-15-18(6-11)33-17-5-3-12(7-16(17)32-15)20(28)25-9-19(27)26-10-13(31-22(23)24)8-14(26)21(29)30/h2-7,13-14,22H,8-10H2,1H3,(H,25,28)(H,29,30)/t13-,14+/m1/s1. The number of carbonyl (C=O) groups excluding carboxylic acids is 2. The van der Waals surface area contributed by atoms with Gasteiger partial charge in [0.1, 0.15) is 17.5 Å². The van der Waals surface area contributed by atoms with E-state index in [1.54, 1.807) is 18.2 Å². The summed E-state index contributed by atoms with van der Waals surface area (Å²) in [5.74, 6) is -1.39. The number of carboxylic acid groups (broad SMARTS) is 1. The van der Waals surface area contributed by atoms with Crippen molar-refractivity contribution in [3.63, 3.8) is 0 Å². The number of likely N-dealkylation sites (tertiary alicyclic amines) is 1. The second kappa shape index (κ2) is 9.36. The van der Waals surface area contributed by atoms with Gasteiger partial charge in [0.05, 0.1) is 22.4 Å². The maximum atomic E-state index is 12.6. The summed E-state index contributed by atoms with van der Waals surface area (Å²) in [4.78, 5) is 39.2. The number of carbonyl (C=O) groups is 3. The summed E-state index contributed by atoms with van der Waals surface area (Å²) in [6.45, 7) is -1.87. The molecule has 33 heavy (non-hydrogen) atoms. The normalized spacial score (nSPS) is 19.0. The number of aliphatic carboxylic acids is 1. The zero-order valence-electron chi connectivity index (χ0n) is 17.4. The van der Waals surface area contributed by atoms with Gasteiger partial charge < -0.3 is 24.8 Å². The van der Waals surface area contributed by atoms with Gasteiger partial charge in [0, 0.05) is 18.5 Å². The van der Waals surface area contributed by atoms with Gasteiger partial charge >= 0.3 is 12.6 Å². The predicted molar refractivity (Wildman–Crippen MR) is 113 cm³/mol. The van der Waals surface area contributed by atoms with Crippen molar-refractivity contribution in [1.82, 2.24) is 10.2 Å². The molecule has 11 heteroatoms. The van der Waals surface area contributed by atoms with Gasteiger partial charge in [0.25, 0.3) is 5.91 Å². The number of nitrogens with zero attached hydrogens (tertiary/aromatic N) is 1. The molecule has 0 saturated carbocycles. The van der Waals surface area contributed by atoms with E-state index in [-0.39, 0.29) is 18.5 Å². The summed E-state index contributed by atoms with van der Waals surface area (Å²) in [5, 5.41) is 11.7. The van der Waals surface area contributed by atoms with Crippen molar-refractivity contribution in [2.75, 3.05) is 13.1 Å². The fourth-order valence-electron chi connectivity index (χ4n) is 3.74. The Labute approximate surface area is 191 Å². The average Bonchev–Trinajstić information content (AvgIpc) is 3.19. The molecule has 2 aromatic carbocycles. The minimum Gasteiger partial charge on any atom is -0.480 e. The molecule has 0 unspecified atom stereocenters. The number of halogens is 2. The van der Waals surface area contributed by atoms with Crippen LogP contribution in [0.4, 0.5) is 8.78 Å². The Bertz CT molecular complexity index is 1110. The number of aryl methyl sites for hydroxylation is 1. The molecule has 2 aliphatic heterocycles. The average molecular weight is 478 g/mol. The Hall–Kier alpha value is -3.18. The molecule has 2 N–H and O–H groups in total. The van der Waals surface area contributed by atoms with E-state index in [0.717, 1.165) is 20.3 Å². The van der Waals surface area contributed by atoms with Gasteiger partial charge in [-0.1, -0.05) is 17.8 Å². The summed E-state index contributed by atoms with van der Waals surface area (Å²) in [6.07, 6.45) is -1.34. The van der Waals surface area contributed by atoms with E-state index in [9.17, 15) is 28.3 Å². The van der Waals surface area contributed by atoms with Crippen LogP contribution in [0, 0.1) is 6.92 Å². The molecular weight excluding hydrogens is 458 g/mol. The van der Waals surface area contributed by atoms with E-state index < -0.39 is 43.1 Å². The smallest absolute Gasteiger partial charge is 0.345 e. The van der Waals surface area contributed by atoms with Crippen LogP contribution in [0.3, 0.4) is 0 Å². The van der Waals surface area contributed by atoms with E-state index >= 15 is 0 Å². The van der Waals surface area contributed by atoms with Crippen LogP contribution >= 0.6 is 11.8 Å². The van der Waals surface area contributed by atoms with Crippen molar-refractivity contribution in [3.05, 3.63) is 47.5 Å². The first-order chi connectivity index (χ1) is 15.7. The molecule has 8 nitrogen and oxygen atoms in total. The van der Waals surface area contributed by atoms with Crippen LogP contribution in [-0.4, -0.2) is 59.6 Å². The van der Waals surface area contributed by atoms with Crippen LogP contribution in [0.25, 0.3) is 0 Å². The largest absolute Gasteiger partial charge is 0.480 e. The Balaban J connectivity index is 1.39. The van der Waals surface area contributed by atoms with E-state index in [0.29, 0.717) is 11.5 Å². The summed E-state index contributed by atoms with van der Waals surface area (Å²) < 4.78 is 35.2. The van der Waals surface area contributed by atoms with Crippen LogP contribution in [0.1, 0.15) is 22.3 Å². The summed E-state index contributed by atoms with van der Waals surface area (Å²) in [5.41, 5.74) is 1.36. The Morgan fingerprint density at radius 3 is 2.73 bits per heavy atom. The molecular formula is C22H20F2N2O6S. The maximum absolute atomic E-state index is 12.6. The molecule has 4 rings (SSSR count). The lowest BCUT2D eigenvalue weighted by molar-refractivity contribution is -0.160. The molecule has 0 aliphatic carbocycles. The number of amides is 2. The monoisotopic (exact) mass is 478 g/mol. The third kappa shape index (κ3) is 5.09. The number of ether oxygens (including phenoxy) is 2. The molecule has 0 spiro atoms. The van der Waals surface area contributed by atoms with Crippen molar-refractivity contribution in [1.29, 1.82) is 0 Å². The third-order valence-corrected chi connectivity index (χ3v) is 6.40. The van der Waals surface area contributed by atoms with Crippen molar-refractivity contribution in [2.45, 2.75) is 41.9 Å². The number of benzene rings is 2. The first kappa shape index (κ1) is 23.0. The van der Waals surface area contributed by atoms with Crippen molar-refractivity contribution >= 4 is 29.5 Å². The van der Waals surface area contributed by atoms with E-state index in [4.69, 9.17) is 4.74 Å². The second-order valence-electron chi connectivity index (χ2n) is 7.65. The van der Waals surface area contributed by atoms with Gasteiger partial charge in [-0.05, 0) is 42.8 Å². The number of hydrogen-bond acceptors (Lipinski definition) is 6. The highest BCUT2D eigenvalue weighted by atomic mass is 32.2. The maximum Gasteiger partial charge on any atom is 0.345 e. The summed E-state index contributed by atoms with van der Waals surface area (Å²) in [7, 11) is 0. The van der Waals surface area contributed by atoms with Crippen LogP contribution in [-0.2, 0) is 14.3 Å². The van der Waals surface area contributed by atoms with Gasteiger partial charge in [-0.3, -0.25) is 9.59 Å².